The third-order valence-corrected chi connectivity index (χ3v) is 4.82. The molecule has 32 heavy (non-hydrogen) atoms. The first-order valence-electron chi connectivity index (χ1n) is 10.1. The van der Waals surface area contributed by atoms with E-state index in [0.717, 1.165) is 16.7 Å². The lowest BCUT2D eigenvalue weighted by Crippen LogP contribution is -2.46. The van der Waals surface area contributed by atoms with Crippen LogP contribution in [0.25, 0.3) is 0 Å². The van der Waals surface area contributed by atoms with Crippen LogP contribution in [0.1, 0.15) is 27.0 Å². The molecule has 0 saturated carbocycles. The average molecular weight is 431 g/mol. The minimum absolute atomic E-state index is 0.125. The van der Waals surface area contributed by atoms with Crippen LogP contribution in [0.5, 0.6) is 11.5 Å². The van der Waals surface area contributed by atoms with Crippen molar-refractivity contribution in [2.24, 2.45) is 5.10 Å². The topological polar surface area (TPSA) is 100 Å². The van der Waals surface area contributed by atoms with E-state index < -0.39 is 17.9 Å². The first-order chi connectivity index (χ1) is 15.4. The van der Waals surface area contributed by atoms with Crippen molar-refractivity contribution in [1.29, 1.82) is 0 Å². The summed E-state index contributed by atoms with van der Waals surface area (Å²) in [6.07, 6.45) is 1.77. The lowest BCUT2D eigenvalue weighted by atomic mass is 10.0. The number of carbonyl (C=O) groups excluding carboxylic acids is 2. The first kappa shape index (κ1) is 22.6. The highest BCUT2D eigenvalue weighted by Crippen LogP contribution is 2.14. The lowest BCUT2D eigenvalue weighted by molar-refractivity contribution is -0.122. The Hall–Kier alpha value is -4.13. The van der Waals surface area contributed by atoms with Crippen molar-refractivity contribution in [2.75, 3.05) is 7.11 Å². The van der Waals surface area contributed by atoms with Crippen molar-refractivity contribution in [3.05, 3.63) is 95.1 Å². The van der Waals surface area contributed by atoms with E-state index in [1.165, 1.54) is 12.1 Å². The summed E-state index contributed by atoms with van der Waals surface area (Å²) in [4.78, 5) is 25.5. The monoisotopic (exact) mass is 431 g/mol. The summed E-state index contributed by atoms with van der Waals surface area (Å²) < 4.78 is 5.11. The van der Waals surface area contributed by atoms with E-state index in [1.807, 2.05) is 31.2 Å². The number of phenols is 1. The summed E-state index contributed by atoms with van der Waals surface area (Å²) in [5, 5.41) is 16.3. The van der Waals surface area contributed by atoms with Crippen molar-refractivity contribution in [3.8, 4) is 11.5 Å². The van der Waals surface area contributed by atoms with Gasteiger partial charge in [-0.1, -0.05) is 42.0 Å². The van der Waals surface area contributed by atoms with E-state index in [0.29, 0.717) is 11.3 Å². The summed E-state index contributed by atoms with van der Waals surface area (Å²) in [6.45, 7) is 1.99. The summed E-state index contributed by atoms with van der Waals surface area (Å²) >= 11 is 0. The number of carbonyl (C=O) groups is 2. The standard InChI is InChI=1S/C25H25N3O4/c1-17-3-5-19(6-4-17)16-26-28-25(31)23(15-18-7-11-21(29)12-8-18)27-24(30)20-9-13-22(32-2)14-10-20/h3-14,16,23,29H,15H2,1-2H3,(H,27,30)(H,28,31)/b26-16+/t23-/m0/s1. The van der Waals surface area contributed by atoms with E-state index in [2.05, 4.69) is 15.8 Å². The third kappa shape index (κ3) is 6.43. The Morgan fingerprint density at radius 3 is 2.28 bits per heavy atom. The van der Waals surface area contributed by atoms with Gasteiger partial charge in [0.25, 0.3) is 11.8 Å². The minimum atomic E-state index is -0.871. The maximum Gasteiger partial charge on any atom is 0.262 e. The molecule has 0 saturated heterocycles. The molecule has 0 heterocycles. The van der Waals surface area contributed by atoms with Crippen molar-refractivity contribution in [1.82, 2.24) is 10.7 Å². The molecule has 7 nitrogen and oxygen atoms in total. The number of hydrogen-bond donors (Lipinski definition) is 3. The molecular weight excluding hydrogens is 406 g/mol. The molecule has 0 radical (unpaired) electrons. The second kappa shape index (κ2) is 10.8. The molecule has 0 bridgehead atoms. The highest BCUT2D eigenvalue weighted by atomic mass is 16.5. The van der Waals surface area contributed by atoms with Gasteiger partial charge in [0.05, 0.1) is 13.3 Å². The molecule has 3 aromatic rings. The van der Waals surface area contributed by atoms with Crippen LogP contribution in [0, 0.1) is 6.92 Å². The van der Waals surface area contributed by atoms with Gasteiger partial charge in [-0.2, -0.15) is 5.10 Å². The van der Waals surface area contributed by atoms with Crippen molar-refractivity contribution in [3.63, 3.8) is 0 Å². The minimum Gasteiger partial charge on any atom is -0.508 e. The molecule has 0 aromatic heterocycles. The number of ether oxygens (including phenoxy) is 1. The van der Waals surface area contributed by atoms with Gasteiger partial charge < -0.3 is 15.2 Å². The summed E-state index contributed by atoms with van der Waals surface area (Å²) in [6, 6.07) is 19.9. The molecular formula is C25H25N3O4. The zero-order valence-electron chi connectivity index (χ0n) is 17.9. The Labute approximate surface area is 186 Å². The first-order valence-corrected chi connectivity index (χ1v) is 10.1. The van der Waals surface area contributed by atoms with Gasteiger partial charge in [-0.25, -0.2) is 5.43 Å². The van der Waals surface area contributed by atoms with Crippen LogP contribution < -0.4 is 15.5 Å². The number of amides is 2. The van der Waals surface area contributed by atoms with Crippen molar-refractivity contribution in [2.45, 2.75) is 19.4 Å². The summed E-state index contributed by atoms with van der Waals surface area (Å²) in [5.74, 6) is -0.0949. The number of nitrogens with zero attached hydrogens (tertiary/aromatic N) is 1. The number of aryl methyl sites for hydroxylation is 1. The molecule has 3 aromatic carbocycles. The van der Waals surface area contributed by atoms with Crippen molar-refractivity contribution < 1.29 is 19.4 Å². The molecule has 0 aliphatic heterocycles. The molecule has 164 valence electrons. The molecule has 0 spiro atoms. The Morgan fingerprint density at radius 1 is 1.00 bits per heavy atom. The molecule has 0 unspecified atom stereocenters. The quantitative estimate of drug-likeness (QED) is 0.377. The van der Waals surface area contributed by atoms with Gasteiger partial charge in [0.15, 0.2) is 0 Å². The SMILES string of the molecule is COc1ccc(C(=O)N[C@@H](Cc2ccc(O)cc2)C(=O)N/N=C/c2ccc(C)cc2)cc1. The van der Waals surface area contributed by atoms with E-state index >= 15 is 0 Å². The van der Waals surface area contributed by atoms with Gasteiger partial charge in [0.1, 0.15) is 17.5 Å². The molecule has 3 N–H and O–H groups in total. The predicted octanol–water partition coefficient (Wildman–Crippen LogP) is 3.20. The van der Waals surface area contributed by atoms with Crippen LogP contribution in [0.15, 0.2) is 77.9 Å². The zero-order valence-corrected chi connectivity index (χ0v) is 17.9. The molecule has 0 aliphatic rings. The summed E-state index contributed by atoms with van der Waals surface area (Å²) in [5.41, 5.74) is 5.64. The fourth-order valence-corrected chi connectivity index (χ4v) is 2.96. The molecule has 0 fully saturated rings. The van der Waals surface area contributed by atoms with Crippen molar-refractivity contribution >= 4 is 18.0 Å². The van der Waals surface area contributed by atoms with E-state index in [-0.39, 0.29) is 12.2 Å². The highest BCUT2D eigenvalue weighted by molar-refractivity contribution is 5.97. The largest absolute Gasteiger partial charge is 0.508 e. The number of hydrogen-bond acceptors (Lipinski definition) is 5. The maximum absolute atomic E-state index is 12.8. The lowest BCUT2D eigenvalue weighted by Gasteiger charge is -2.17. The Bertz CT molecular complexity index is 1080. The Kier molecular flexibility index (Phi) is 7.59. The van der Waals surface area contributed by atoms with Gasteiger partial charge in [-0.15, -0.1) is 0 Å². The molecule has 7 heteroatoms. The fourth-order valence-electron chi connectivity index (χ4n) is 2.96. The smallest absolute Gasteiger partial charge is 0.262 e. The van der Waals surface area contributed by atoms with Crippen LogP contribution in [0.4, 0.5) is 0 Å². The molecule has 0 aliphatic carbocycles. The number of phenolic OH excluding ortho intramolecular Hbond substituents is 1. The van der Waals surface area contributed by atoms with Gasteiger partial charge in [-0.3, -0.25) is 9.59 Å². The zero-order chi connectivity index (χ0) is 22.9. The maximum atomic E-state index is 12.8. The van der Waals surface area contributed by atoms with Crippen LogP contribution in [0.2, 0.25) is 0 Å². The number of rotatable bonds is 8. The van der Waals surface area contributed by atoms with E-state index in [4.69, 9.17) is 4.74 Å². The van der Waals surface area contributed by atoms with E-state index in [1.54, 1.807) is 49.7 Å². The van der Waals surface area contributed by atoms with Crippen LogP contribution in [0.3, 0.4) is 0 Å². The molecule has 3 rings (SSSR count). The number of benzene rings is 3. The fraction of sp³-hybridized carbons (Fsp3) is 0.160. The Balaban J connectivity index is 1.72. The van der Waals surface area contributed by atoms with Gasteiger partial charge in [0, 0.05) is 12.0 Å². The van der Waals surface area contributed by atoms with Crippen LogP contribution in [-0.2, 0) is 11.2 Å². The second-order valence-corrected chi connectivity index (χ2v) is 7.27. The normalized spacial score (nSPS) is 11.7. The molecule has 1 atom stereocenters. The predicted molar refractivity (Wildman–Crippen MR) is 123 cm³/mol. The second-order valence-electron chi connectivity index (χ2n) is 7.27. The van der Waals surface area contributed by atoms with E-state index in [9.17, 15) is 14.7 Å². The number of aromatic hydroxyl groups is 1. The summed E-state index contributed by atoms with van der Waals surface area (Å²) in [7, 11) is 1.55. The van der Waals surface area contributed by atoms with Crippen LogP contribution >= 0.6 is 0 Å². The Morgan fingerprint density at radius 2 is 1.66 bits per heavy atom. The number of methoxy groups -OCH3 is 1. The number of hydrazone groups is 1. The average Bonchev–Trinajstić information content (AvgIpc) is 2.81. The number of nitrogens with one attached hydrogen (secondary N) is 2. The van der Waals surface area contributed by atoms with Crippen LogP contribution in [-0.4, -0.2) is 36.3 Å². The third-order valence-electron chi connectivity index (χ3n) is 4.82. The highest BCUT2D eigenvalue weighted by Gasteiger charge is 2.22. The van der Waals surface area contributed by atoms with Gasteiger partial charge in [-0.05, 0) is 54.4 Å². The van der Waals surface area contributed by atoms with Gasteiger partial charge in [0.2, 0.25) is 0 Å². The van der Waals surface area contributed by atoms with Gasteiger partial charge >= 0.3 is 0 Å². The molecule has 2 amide bonds.